The van der Waals surface area contributed by atoms with Crippen LogP contribution in [0, 0.1) is 0 Å². The quantitative estimate of drug-likeness (QED) is 0.905. The number of hydrogen-bond donors (Lipinski definition) is 1. The predicted molar refractivity (Wildman–Crippen MR) is 95.5 cm³/mol. The van der Waals surface area contributed by atoms with Gasteiger partial charge in [-0.25, -0.2) is 4.98 Å². The summed E-state index contributed by atoms with van der Waals surface area (Å²) in [4.78, 5) is 19.7. The lowest BCUT2D eigenvalue weighted by Crippen LogP contribution is -2.54. The van der Waals surface area contributed by atoms with Gasteiger partial charge in [0.15, 0.2) is 0 Å². The van der Waals surface area contributed by atoms with Gasteiger partial charge in [-0.2, -0.15) is 0 Å². The molecule has 1 amide bonds. The number of carbonyl (C=O) groups excluding carboxylic acids is 1. The Hall–Kier alpha value is -2.34. The molecule has 1 atom stereocenters. The molecular formula is C19H23N3O3. The lowest BCUT2D eigenvalue weighted by molar-refractivity contribution is 0.0576. The minimum Gasteiger partial charge on any atom is -0.493 e. The zero-order chi connectivity index (χ0) is 17.4. The molecule has 0 aliphatic carbocycles. The third-order valence-electron chi connectivity index (χ3n) is 5.08. The molecule has 25 heavy (non-hydrogen) atoms. The first-order chi connectivity index (χ1) is 12.2. The third-order valence-corrected chi connectivity index (χ3v) is 5.08. The van der Waals surface area contributed by atoms with Crippen molar-refractivity contribution in [3.8, 4) is 11.6 Å². The number of nitrogens with zero attached hydrogens (tertiary/aromatic N) is 2. The van der Waals surface area contributed by atoms with Crippen molar-refractivity contribution >= 4 is 16.8 Å². The lowest BCUT2D eigenvalue weighted by Gasteiger charge is -2.38. The molecular weight excluding hydrogens is 318 g/mol. The highest BCUT2D eigenvalue weighted by Crippen LogP contribution is 2.32. The monoisotopic (exact) mass is 341 g/mol. The summed E-state index contributed by atoms with van der Waals surface area (Å²) in [5.74, 6) is 1.31. The number of piperazine rings is 1. The normalized spacial score (nSPS) is 20.3. The summed E-state index contributed by atoms with van der Waals surface area (Å²) in [7, 11) is 1.63. The Balaban J connectivity index is 1.83. The number of amides is 1. The van der Waals surface area contributed by atoms with E-state index < -0.39 is 0 Å². The van der Waals surface area contributed by atoms with Gasteiger partial charge in [0.2, 0.25) is 5.88 Å². The summed E-state index contributed by atoms with van der Waals surface area (Å²) in [6.07, 6.45) is 1.68. The second kappa shape index (κ2) is 6.52. The summed E-state index contributed by atoms with van der Waals surface area (Å²) < 4.78 is 11.4. The largest absolute Gasteiger partial charge is 0.493 e. The average molecular weight is 341 g/mol. The van der Waals surface area contributed by atoms with Crippen molar-refractivity contribution < 1.29 is 14.3 Å². The first-order valence-electron chi connectivity index (χ1n) is 8.87. The molecule has 6 heteroatoms. The molecule has 1 fully saturated rings. The van der Waals surface area contributed by atoms with Crippen LogP contribution in [-0.2, 0) is 6.42 Å². The van der Waals surface area contributed by atoms with Crippen molar-refractivity contribution in [1.29, 1.82) is 0 Å². The van der Waals surface area contributed by atoms with Gasteiger partial charge in [0.1, 0.15) is 5.75 Å². The van der Waals surface area contributed by atoms with Crippen LogP contribution in [0.5, 0.6) is 11.6 Å². The molecule has 4 rings (SSSR count). The molecule has 2 aliphatic heterocycles. The maximum absolute atomic E-state index is 13.1. The van der Waals surface area contributed by atoms with Gasteiger partial charge in [0.05, 0.1) is 24.8 Å². The molecule has 2 aromatic rings. The second-order valence-electron chi connectivity index (χ2n) is 6.55. The Morgan fingerprint density at radius 3 is 3.08 bits per heavy atom. The van der Waals surface area contributed by atoms with Crippen LogP contribution in [0.3, 0.4) is 0 Å². The van der Waals surface area contributed by atoms with Crippen molar-refractivity contribution in [2.24, 2.45) is 0 Å². The van der Waals surface area contributed by atoms with E-state index in [0.717, 1.165) is 48.9 Å². The van der Waals surface area contributed by atoms with E-state index in [4.69, 9.17) is 9.47 Å². The number of nitrogens with one attached hydrogen (secondary N) is 1. The van der Waals surface area contributed by atoms with Crippen LogP contribution in [0.15, 0.2) is 18.2 Å². The molecule has 3 heterocycles. The van der Waals surface area contributed by atoms with Crippen molar-refractivity contribution in [1.82, 2.24) is 15.2 Å². The van der Waals surface area contributed by atoms with Gasteiger partial charge in [-0.05, 0) is 24.6 Å². The van der Waals surface area contributed by atoms with Gasteiger partial charge in [-0.1, -0.05) is 6.92 Å². The van der Waals surface area contributed by atoms with E-state index in [-0.39, 0.29) is 11.9 Å². The first kappa shape index (κ1) is 16.1. The molecule has 0 spiro atoms. The number of carbonyl (C=O) groups is 1. The van der Waals surface area contributed by atoms with Crippen LogP contribution in [0.2, 0.25) is 0 Å². The van der Waals surface area contributed by atoms with Crippen LogP contribution < -0.4 is 14.8 Å². The fraction of sp³-hybridized carbons (Fsp3) is 0.474. The summed E-state index contributed by atoms with van der Waals surface area (Å²) in [6.45, 7) is 5.07. The van der Waals surface area contributed by atoms with Crippen LogP contribution in [-0.4, -0.2) is 55.2 Å². The maximum atomic E-state index is 13.1. The lowest BCUT2D eigenvalue weighted by atomic mass is 10.0. The van der Waals surface area contributed by atoms with Crippen LogP contribution in [0.1, 0.15) is 29.3 Å². The van der Waals surface area contributed by atoms with E-state index in [2.05, 4.69) is 23.3 Å². The molecule has 6 nitrogen and oxygen atoms in total. The number of hydrogen-bond acceptors (Lipinski definition) is 5. The number of pyridine rings is 1. The molecule has 0 saturated carbocycles. The zero-order valence-corrected chi connectivity index (χ0v) is 14.7. The molecule has 1 N–H and O–H groups in total. The van der Waals surface area contributed by atoms with Gasteiger partial charge < -0.3 is 19.7 Å². The minimum absolute atomic E-state index is 0.0310. The number of rotatable bonds is 2. The van der Waals surface area contributed by atoms with Gasteiger partial charge in [-0.3, -0.25) is 4.79 Å². The van der Waals surface area contributed by atoms with E-state index in [1.807, 2.05) is 17.0 Å². The summed E-state index contributed by atoms with van der Waals surface area (Å²) >= 11 is 0. The highest BCUT2D eigenvalue weighted by Gasteiger charge is 2.31. The van der Waals surface area contributed by atoms with Crippen molar-refractivity contribution in [2.45, 2.75) is 25.8 Å². The van der Waals surface area contributed by atoms with Gasteiger partial charge in [-0.15, -0.1) is 0 Å². The number of aromatic nitrogens is 1. The van der Waals surface area contributed by atoms with Crippen molar-refractivity contribution in [2.75, 3.05) is 33.4 Å². The summed E-state index contributed by atoms with van der Waals surface area (Å²) in [6, 6.07) is 6.05. The Kier molecular flexibility index (Phi) is 4.21. The molecule has 1 aromatic carbocycles. The Labute approximate surface area is 147 Å². The standard InChI is InChI=1S/C19H23N3O3/c1-3-12-8-13-9-17-15(10-16(13)21-18(12)24-2)19(23)22-6-5-20-11-14(22)4-7-25-17/h8-10,14,20H,3-7,11H2,1-2H3. The maximum Gasteiger partial charge on any atom is 0.258 e. The Morgan fingerprint density at radius 2 is 2.28 bits per heavy atom. The van der Waals surface area contributed by atoms with E-state index in [1.165, 1.54) is 0 Å². The van der Waals surface area contributed by atoms with Crippen LogP contribution in [0.4, 0.5) is 0 Å². The van der Waals surface area contributed by atoms with Crippen molar-refractivity contribution in [3.63, 3.8) is 0 Å². The highest BCUT2D eigenvalue weighted by molar-refractivity contribution is 6.01. The van der Waals surface area contributed by atoms with Gasteiger partial charge >= 0.3 is 0 Å². The molecule has 1 unspecified atom stereocenters. The zero-order valence-electron chi connectivity index (χ0n) is 14.7. The highest BCUT2D eigenvalue weighted by atomic mass is 16.5. The fourth-order valence-corrected chi connectivity index (χ4v) is 3.69. The average Bonchev–Trinajstić information content (AvgIpc) is 2.65. The Bertz CT molecular complexity index is 821. The van der Waals surface area contributed by atoms with E-state index in [1.54, 1.807) is 7.11 Å². The number of aryl methyl sites for hydroxylation is 1. The molecule has 0 radical (unpaired) electrons. The smallest absolute Gasteiger partial charge is 0.258 e. The third kappa shape index (κ3) is 2.80. The van der Waals surface area contributed by atoms with Crippen LogP contribution >= 0.6 is 0 Å². The van der Waals surface area contributed by atoms with E-state index in [9.17, 15) is 4.79 Å². The summed E-state index contributed by atoms with van der Waals surface area (Å²) in [5, 5.41) is 4.33. The molecule has 1 saturated heterocycles. The van der Waals surface area contributed by atoms with Gasteiger partial charge in [0.25, 0.3) is 5.91 Å². The number of methoxy groups -OCH3 is 1. The van der Waals surface area contributed by atoms with Gasteiger partial charge in [0, 0.05) is 43.0 Å². The van der Waals surface area contributed by atoms with Crippen LogP contribution in [0.25, 0.3) is 10.9 Å². The minimum atomic E-state index is 0.0310. The Morgan fingerprint density at radius 1 is 1.40 bits per heavy atom. The van der Waals surface area contributed by atoms with E-state index in [0.29, 0.717) is 23.8 Å². The van der Waals surface area contributed by atoms with Crippen molar-refractivity contribution in [3.05, 3.63) is 29.3 Å². The SMILES string of the molecule is CCc1cc2cc3c(cc2nc1OC)C(=O)N1CCNCC1CCO3. The fourth-order valence-electron chi connectivity index (χ4n) is 3.69. The molecule has 2 aliphatic rings. The number of fused-ring (bicyclic) bond motifs is 3. The number of benzene rings is 1. The van der Waals surface area contributed by atoms with E-state index >= 15 is 0 Å². The first-order valence-corrected chi connectivity index (χ1v) is 8.87. The predicted octanol–water partition coefficient (Wildman–Crippen LogP) is 2.00. The summed E-state index contributed by atoms with van der Waals surface area (Å²) in [5.41, 5.74) is 2.41. The molecule has 0 bridgehead atoms. The topological polar surface area (TPSA) is 63.7 Å². The second-order valence-corrected chi connectivity index (χ2v) is 6.55. The number of ether oxygens (including phenoxy) is 2. The molecule has 1 aromatic heterocycles. The molecule has 132 valence electrons.